The molecule has 0 fully saturated rings. The van der Waals surface area contributed by atoms with E-state index in [1.54, 1.807) is 36.4 Å². The van der Waals surface area contributed by atoms with E-state index in [0.717, 1.165) is 49.3 Å². The number of rotatable bonds is 14. The van der Waals surface area contributed by atoms with E-state index < -0.39 is 20.2 Å². The number of hydrogen-bond acceptors (Lipinski definition) is 6. The standard InChI is InChI=1S/2C17H22O3S.Ca/c2*1-2-3-4-5-6-10-15-13-12-14-9-7-8-11-16(14)17(15)21(18,19)20;/h2*7-9,11-13H,2-6,10H2,1H3,(H,18,19,20);/q;;+2/p-2. The Balaban J connectivity index is 0.000000293. The maximum absolute atomic E-state index is 11.6. The van der Waals surface area contributed by atoms with Crippen LogP contribution in [-0.4, -0.2) is 63.7 Å². The average molecular weight is 651 g/mol. The van der Waals surface area contributed by atoms with Gasteiger partial charge in [0.1, 0.15) is 20.2 Å². The minimum Gasteiger partial charge on any atom is -0.744 e. The molecule has 0 atom stereocenters. The quantitative estimate of drug-likeness (QED) is 0.0773. The monoisotopic (exact) mass is 650 g/mol. The molecule has 0 aliphatic heterocycles. The molecule has 43 heavy (non-hydrogen) atoms. The fraction of sp³-hybridized carbons (Fsp3) is 0.412. The van der Waals surface area contributed by atoms with E-state index in [0.29, 0.717) is 34.7 Å². The molecule has 0 N–H and O–H groups in total. The molecule has 0 saturated carbocycles. The van der Waals surface area contributed by atoms with Gasteiger partial charge in [0.15, 0.2) is 0 Å². The SMILES string of the molecule is CCCCCCCc1ccc2ccccc2c1S(=O)(=O)[O-].CCCCCCCc1ccc2ccccc2c1S(=O)(=O)[O-].[Ca+2]. The number of fused-ring (bicyclic) bond motifs is 2. The van der Waals surface area contributed by atoms with E-state index in [1.807, 2.05) is 36.4 Å². The number of aryl methyl sites for hydroxylation is 2. The zero-order valence-electron chi connectivity index (χ0n) is 25.4. The second-order valence-corrected chi connectivity index (χ2v) is 13.4. The van der Waals surface area contributed by atoms with Gasteiger partial charge in [-0.15, -0.1) is 0 Å². The molecular weight excluding hydrogens is 609 g/mol. The molecule has 0 aliphatic carbocycles. The van der Waals surface area contributed by atoms with Crippen molar-refractivity contribution in [3.8, 4) is 0 Å². The fourth-order valence-electron chi connectivity index (χ4n) is 5.40. The molecule has 0 spiro atoms. The minimum absolute atomic E-state index is 0. The summed E-state index contributed by atoms with van der Waals surface area (Å²) in [5, 5.41) is 2.67. The molecule has 0 bridgehead atoms. The van der Waals surface area contributed by atoms with Gasteiger partial charge in [0.05, 0.1) is 9.79 Å². The average Bonchev–Trinajstić information content (AvgIpc) is 2.95. The van der Waals surface area contributed by atoms with Gasteiger partial charge in [-0.3, -0.25) is 0 Å². The summed E-state index contributed by atoms with van der Waals surface area (Å²) in [5.41, 5.74) is 1.31. The van der Waals surface area contributed by atoms with E-state index >= 15 is 0 Å². The van der Waals surface area contributed by atoms with Crippen molar-refractivity contribution in [2.75, 3.05) is 0 Å². The molecule has 0 aliphatic rings. The Labute approximate surface area is 287 Å². The summed E-state index contributed by atoms with van der Waals surface area (Å²) in [6.07, 6.45) is 12.3. The Kier molecular flexibility index (Phi) is 16.2. The summed E-state index contributed by atoms with van der Waals surface area (Å²) in [4.78, 5) is -0.0628. The van der Waals surface area contributed by atoms with Gasteiger partial charge in [-0.25, -0.2) is 16.8 Å². The van der Waals surface area contributed by atoms with Crippen LogP contribution in [0.1, 0.15) is 89.2 Å². The van der Waals surface area contributed by atoms with Crippen LogP contribution in [0.4, 0.5) is 0 Å². The Bertz CT molecular complexity index is 1540. The first kappa shape index (κ1) is 37.7. The second-order valence-electron chi connectivity index (χ2n) is 10.8. The van der Waals surface area contributed by atoms with E-state index in [1.165, 1.54) is 25.7 Å². The molecule has 4 aromatic rings. The van der Waals surface area contributed by atoms with Crippen LogP contribution in [0, 0.1) is 0 Å². The van der Waals surface area contributed by atoms with Crippen LogP contribution < -0.4 is 0 Å². The molecule has 0 unspecified atom stereocenters. The predicted octanol–water partition coefficient (Wildman–Crippen LogP) is 8.13. The summed E-state index contributed by atoms with van der Waals surface area (Å²) in [7, 11) is -8.91. The smallest absolute Gasteiger partial charge is 0.744 e. The third-order valence-electron chi connectivity index (χ3n) is 7.52. The van der Waals surface area contributed by atoms with Gasteiger partial charge in [-0.2, -0.15) is 0 Å². The molecular formula is C34H42CaO6S2. The molecule has 228 valence electrons. The van der Waals surface area contributed by atoms with Crippen LogP contribution in [0.2, 0.25) is 0 Å². The topological polar surface area (TPSA) is 114 Å². The van der Waals surface area contributed by atoms with Crippen molar-refractivity contribution in [1.29, 1.82) is 0 Å². The van der Waals surface area contributed by atoms with Gasteiger partial charge < -0.3 is 9.11 Å². The second kappa shape index (κ2) is 18.4. The molecule has 0 radical (unpaired) electrons. The number of unbranched alkanes of at least 4 members (excludes halogenated alkanes) is 8. The van der Waals surface area contributed by atoms with Crippen molar-refractivity contribution in [2.24, 2.45) is 0 Å². The van der Waals surface area contributed by atoms with Crippen molar-refractivity contribution in [1.82, 2.24) is 0 Å². The Morgan fingerprint density at radius 3 is 1.19 bits per heavy atom. The molecule has 0 saturated heterocycles. The van der Waals surface area contributed by atoms with Crippen molar-refractivity contribution in [3.63, 3.8) is 0 Å². The van der Waals surface area contributed by atoms with Gasteiger partial charge >= 0.3 is 37.7 Å². The minimum atomic E-state index is -4.46. The van der Waals surface area contributed by atoms with Crippen LogP contribution >= 0.6 is 0 Å². The van der Waals surface area contributed by atoms with E-state index in [9.17, 15) is 25.9 Å². The Morgan fingerprint density at radius 1 is 0.488 bits per heavy atom. The van der Waals surface area contributed by atoms with Crippen molar-refractivity contribution < 1.29 is 25.9 Å². The summed E-state index contributed by atoms with van der Waals surface area (Å²) in [5.74, 6) is 0. The third-order valence-corrected chi connectivity index (χ3v) is 9.49. The zero-order valence-corrected chi connectivity index (χ0v) is 29.2. The van der Waals surface area contributed by atoms with Gasteiger partial charge in [0, 0.05) is 0 Å². The maximum atomic E-state index is 11.6. The molecule has 4 aromatic carbocycles. The van der Waals surface area contributed by atoms with E-state index in [2.05, 4.69) is 13.8 Å². The molecule has 9 heteroatoms. The van der Waals surface area contributed by atoms with E-state index in [4.69, 9.17) is 0 Å². The first-order valence-corrected chi connectivity index (χ1v) is 17.8. The van der Waals surface area contributed by atoms with Gasteiger partial charge in [-0.1, -0.05) is 138 Å². The number of hydrogen-bond donors (Lipinski definition) is 0. The summed E-state index contributed by atoms with van der Waals surface area (Å²) in [6, 6.07) is 21.6. The normalized spacial score (nSPS) is 11.6. The largest absolute Gasteiger partial charge is 2.00 e. The predicted molar refractivity (Wildman–Crippen MR) is 175 cm³/mol. The maximum Gasteiger partial charge on any atom is 2.00 e. The molecule has 4 rings (SSSR count). The van der Waals surface area contributed by atoms with Crippen molar-refractivity contribution in [2.45, 2.75) is 101 Å². The number of benzene rings is 4. The van der Waals surface area contributed by atoms with Crippen molar-refractivity contribution in [3.05, 3.63) is 83.9 Å². The van der Waals surface area contributed by atoms with Gasteiger partial charge in [-0.05, 0) is 58.4 Å². The molecule has 0 aromatic heterocycles. The fourth-order valence-corrected chi connectivity index (χ4v) is 7.29. The summed E-state index contributed by atoms with van der Waals surface area (Å²) in [6.45, 7) is 4.32. The third kappa shape index (κ3) is 11.4. The van der Waals surface area contributed by atoms with Gasteiger partial charge in [0.25, 0.3) is 0 Å². The first-order chi connectivity index (χ1) is 20.1. The summed E-state index contributed by atoms with van der Waals surface area (Å²) >= 11 is 0. The molecule has 0 amide bonds. The Morgan fingerprint density at radius 2 is 0.837 bits per heavy atom. The van der Waals surface area contributed by atoms with Gasteiger partial charge in [0.2, 0.25) is 0 Å². The van der Waals surface area contributed by atoms with Crippen LogP contribution in [0.25, 0.3) is 21.5 Å². The first-order valence-electron chi connectivity index (χ1n) is 15.0. The Hall–Kier alpha value is -1.52. The van der Waals surface area contributed by atoms with Crippen LogP contribution in [0.15, 0.2) is 82.6 Å². The van der Waals surface area contributed by atoms with E-state index in [-0.39, 0.29) is 47.5 Å². The summed E-state index contributed by atoms with van der Waals surface area (Å²) < 4.78 is 69.9. The van der Waals surface area contributed by atoms with Crippen molar-refractivity contribution >= 4 is 79.5 Å². The molecule has 0 heterocycles. The zero-order chi connectivity index (χ0) is 30.6. The van der Waals surface area contributed by atoms with Crippen LogP contribution in [-0.2, 0) is 33.1 Å². The molecule has 6 nitrogen and oxygen atoms in total. The van der Waals surface area contributed by atoms with Crippen LogP contribution in [0.3, 0.4) is 0 Å². The van der Waals surface area contributed by atoms with Crippen LogP contribution in [0.5, 0.6) is 0 Å².